The lowest BCUT2D eigenvalue weighted by Crippen LogP contribution is -2.48. The Morgan fingerprint density at radius 1 is 1.60 bits per heavy atom. The van der Waals surface area contributed by atoms with Crippen LogP contribution < -0.4 is 11.1 Å². The van der Waals surface area contributed by atoms with Gasteiger partial charge in [-0.2, -0.15) is 0 Å². The highest BCUT2D eigenvalue weighted by Gasteiger charge is 2.20. The number of nitrogens with two attached hydrogens (primary N) is 1. The molecule has 0 aliphatic carbocycles. The van der Waals surface area contributed by atoms with Crippen LogP contribution in [0.1, 0.15) is 19.8 Å². The zero-order valence-corrected chi connectivity index (χ0v) is 6.26. The average molecular weight is 142 g/mol. The normalized spacial score (nSPS) is 33.8. The van der Waals surface area contributed by atoms with Gasteiger partial charge in [-0.1, -0.05) is 0 Å². The molecule has 1 heterocycles. The van der Waals surface area contributed by atoms with Crippen LogP contribution in [0.2, 0.25) is 0 Å². The summed E-state index contributed by atoms with van der Waals surface area (Å²) in [6.07, 6.45) is 1.87. The number of piperidine rings is 1. The molecule has 0 amide bonds. The highest BCUT2D eigenvalue weighted by molar-refractivity contribution is 5.81. The van der Waals surface area contributed by atoms with E-state index in [9.17, 15) is 4.79 Å². The van der Waals surface area contributed by atoms with Gasteiger partial charge in [0.15, 0.2) is 0 Å². The van der Waals surface area contributed by atoms with E-state index in [1.54, 1.807) is 6.92 Å². The third-order valence-corrected chi connectivity index (χ3v) is 1.94. The van der Waals surface area contributed by atoms with E-state index in [1.165, 1.54) is 0 Å². The number of carbonyl (C=O) groups is 1. The summed E-state index contributed by atoms with van der Waals surface area (Å²) in [5, 5.41) is 3.09. The predicted octanol–water partition coefficient (Wildman–Crippen LogP) is -0.345. The lowest BCUT2D eigenvalue weighted by molar-refractivity contribution is -0.119. The molecule has 3 nitrogen and oxygen atoms in total. The van der Waals surface area contributed by atoms with Gasteiger partial charge in [0.1, 0.15) is 5.78 Å². The maximum Gasteiger partial charge on any atom is 0.146 e. The van der Waals surface area contributed by atoms with Gasteiger partial charge >= 0.3 is 0 Å². The molecule has 0 aromatic rings. The first-order valence-corrected chi connectivity index (χ1v) is 3.69. The van der Waals surface area contributed by atoms with Crippen molar-refractivity contribution in [3.63, 3.8) is 0 Å². The Hall–Kier alpha value is -0.410. The summed E-state index contributed by atoms with van der Waals surface area (Å²) >= 11 is 0. The number of Topliss-reactive ketones (excluding diaryl/α,β-unsaturated/α-hetero) is 1. The second-order valence-electron chi connectivity index (χ2n) is 2.91. The van der Waals surface area contributed by atoms with Crippen LogP contribution in [0.3, 0.4) is 0 Å². The molecule has 3 N–H and O–H groups in total. The van der Waals surface area contributed by atoms with E-state index in [0.29, 0.717) is 0 Å². The van der Waals surface area contributed by atoms with Gasteiger partial charge < -0.3 is 11.1 Å². The Kier molecular flexibility index (Phi) is 2.40. The first-order valence-electron chi connectivity index (χ1n) is 3.69. The summed E-state index contributed by atoms with van der Waals surface area (Å²) in [6, 6.07) is 0.315. The van der Waals surface area contributed by atoms with Gasteiger partial charge in [0.25, 0.3) is 0 Å². The van der Waals surface area contributed by atoms with Gasteiger partial charge in [0.2, 0.25) is 0 Å². The Morgan fingerprint density at radius 3 is 2.70 bits per heavy atom. The van der Waals surface area contributed by atoms with Crippen LogP contribution in [0, 0.1) is 0 Å². The molecular formula is C7H14N2O. The number of hydrogen-bond acceptors (Lipinski definition) is 3. The van der Waals surface area contributed by atoms with Crippen molar-refractivity contribution >= 4 is 5.78 Å². The molecule has 1 saturated heterocycles. The molecule has 1 fully saturated rings. The molecule has 0 spiro atoms. The van der Waals surface area contributed by atoms with E-state index in [-0.39, 0.29) is 17.9 Å². The van der Waals surface area contributed by atoms with E-state index >= 15 is 0 Å². The van der Waals surface area contributed by atoms with Gasteiger partial charge in [-0.3, -0.25) is 4.79 Å². The van der Waals surface area contributed by atoms with Gasteiger partial charge in [-0.15, -0.1) is 0 Å². The molecule has 10 heavy (non-hydrogen) atoms. The molecule has 0 unspecified atom stereocenters. The smallest absolute Gasteiger partial charge is 0.146 e. The molecule has 0 aromatic heterocycles. The van der Waals surface area contributed by atoms with E-state index < -0.39 is 0 Å². The van der Waals surface area contributed by atoms with E-state index in [2.05, 4.69) is 5.32 Å². The number of carbonyl (C=O) groups excluding carboxylic acids is 1. The summed E-state index contributed by atoms with van der Waals surface area (Å²) < 4.78 is 0. The second kappa shape index (κ2) is 3.12. The topological polar surface area (TPSA) is 55.1 Å². The average Bonchev–Trinajstić information content (AvgIpc) is 1.88. The summed E-state index contributed by atoms with van der Waals surface area (Å²) in [6.45, 7) is 2.40. The largest absolute Gasteiger partial charge is 0.327 e. The first-order chi connectivity index (χ1) is 4.70. The van der Waals surface area contributed by atoms with Crippen LogP contribution in [0.5, 0.6) is 0 Å². The Balaban J connectivity index is 2.33. The maximum atomic E-state index is 10.8. The fraction of sp³-hybridized carbons (Fsp3) is 0.857. The summed E-state index contributed by atoms with van der Waals surface area (Å²) in [5.74, 6) is 0.229. The van der Waals surface area contributed by atoms with Crippen molar-refractivity contribution in [3.8, 4) is 0 Å². The van der Waals surface area contributed by atoms with E-state index in [1.807, 2.05) is 0 Å². The highest BCUT2D eigenvalue weighted by Crippen LogP contribution is 2.06. The van der Waals surface area contributed by atoms with Gasteiger partial charge in [0.05, 0.1) is 6.04 Å². The van der Waals surface area contributed by atoms with Crippen molar-refractivity contribution in [3.05, 3.63) is 0 Å². The van der Waals surface area contributed by atoms with Crippen LogP contribution >= 0.6 is 0 Å². The van der Waals surface area contributed by atoms with Crippen molar-refractivity contribution in [2.24, 2.45) is 5.73 Å². The number of nitrogens with one attached hydrogen (secondary N) is 1. The van der Waals surface area contributed by atoms with Crippen LogP contribution in [-0.4, -0.2) is 24.4 Å². The van der Waals surface area contributed by atoms with Gasteiger partial charge in [0, 0.05) is 12.6 Å². The quantitative estimate of drug-likeness (QED) is 0.526. The predicted molar refractivity (Wildman–Crippen MR) is 39.7 cm³/mol. The molecule has 0 radical (unpaired) electrons. The number of ketones is 1. The fourth-order valence-electron chi connectivity index (χ4n) is 1.23. The molecule has 0 aromatic carbocycles. The third kappa shape index (κ3) is 1.78. The Bertz CT molecular complexity index is 128. The summed E-state index contributed by atoms with van der Waals surface area (Å²) in [4.78, 5) is 10.8. The van der Waals surface area contributed by atoms with Crippen molar-refractivity contribution in [2.75, 3.05) is 6.54 Å². The number of rotatable bonds is 1. The number of hydrogen-bond donors (Lipinski definition) is 2. The SMILES string of the molecule is CC(=O)[C@@H]1CC[C@@H](N)CN1. The zero-order chi connectivity index (χ0) is 7.56. The van der Waals surface area contributed by atoms with Crippen LogP contribution in [0.15, 0.2) is 0 Å². The van der Waals surface area contributed by atoms with Crippen LogP contribution in [0.25, 0.3) is 0 Å². The van der Waals surface area contributed by atoms with E-state index in [0.717, 1.165) is 19.4 Å². The molecule has 0 bridgehead atoms. The lowest BCUT2D eigenvalue weighted by Gasteiger charge is -2.25. The lowest BCUT2D eigenvalue weighted by atomic mass is 9.99. The molecule has 1 aliphatic heterocycles. The maximum absolute atomic E-state index is 10.8. The summed E-state index contributed by atoms with van der Waals surface area (Å²) in [7, 11) is 0. The molecule has 3 heteroatoms. The van der Waals surface area contributed by atoms with Crippen molar-refractivity contribution in [2.45, 2.75) is 31.8 Å². The van der Waals surface area contributed by atoms with Crippen molar-refractivity contribution in [1.82, 2.24) is 5.32 Å². The fourth-order valence-corrected chi connectivity index (χ4v) is 1.23. The van der Waals surface area contributed by atoms with Crippen LogP contribution in [-0.2, 0) is 4.79 Å². The van der Waals surface area contributed by atoms with Gasteiger partial charge in [-0.25, -0.2) is 0 Å². The van der Waals surface area contributed by atoms with E-state index in [4.69, 9.17) is 5.73 Å². The van der Waals surface area contributed by atoms with Gasteiger partial charge in [-0.05, 0) is 19.8 Å². The molecular weight excluding hydrogens is 128 g/mol. The minimum Gasteiger partial charge on any atom is -0.327 e. The van der Waals surface area contributed by atoms with Crippen LogP contribution in [0.4, 0.5) is 0 Å². The van der Waals surface area contributed by atoms with Crippen molar-refractivity contribution < 1.29 is 4.79 Å². The Morgan fingerprint density at radius 2 is 2.30 bits per heavy atom. The molecule has 0 saturated carbocycles. The zero-order valence-electron chi connectivity index (χ0n) is 6.26. The monoisotopic (exact) mass is 142 g/mol. The standard InChI is InChI=1S/C7H14N2O/c1-5(10)7-3-2-6(8)4-9-7/h6-7,9H,2-4,8H2,1H3/t6-,7+/m1/s1. The molecule has 1 rings (SSSR count). The third-order valence-electron chi connectivity index (χ3n) is 1.94. The molecule has 58 valence electrons. The first kappa shape index (κ1) is 7.69. The minimum atomic E-state index is 0.0693. The van der Waals surface area contributed by atoms with Crippen molar-refractivity contribution in [1.29, 1.82) is 0 Å². The molecule has 2 atom stereocenters. The summed E-state index contributed by atoms with van der Waals surface area (Å²) in [5.41, 5.74) is 5.62. The second-order valence-corrected chi connectivity index (χ2v) is 2.91. The molecule has 1 aliphatic rings. The minimum absolute atomic E-state index is 0.0693. The highest BCUT2D eigenvalue weighted by atomic mass is 16.1. The Labute approximate surface area is 61.0 Å².